The van der Waals surface area contributed by atoms with Crippen LogP contribution in [0.25, 0.3) is 16.7 Å². The molecule has 0 aliphatic rings. The number of methoxy groups -OCH3 is 2. The van der Waals surface area contributed by atoms with Gasteiger partial charge in [0.05, 0.1) is 13.7 Å². The fourth-order valence-electron chi connectivity index (χ4n) is 2.92. The van der Waals surface area contributed by atoms with E-state index >= 15 is 0 Å². The summed E-state index contributed by atoms with van der Waals surface area (Å²) >= 11 is 0. The zero-order valence-corrected chi connectivity index (χ0v) is 15.0. The van der Waals surface area contributed by atoms with Gasteiger partial charge in [0.15, 0.2) is 0 Å². The fourth-order valence-corrected chi connectivity index (χ4v) is 2.92. The van der Waals surface area contributed by atoms with Gasteiger partial charge in [-0.1, -0.05) is 11.1 Å². The molecule has 0 aliphatic heterocycles. The van der Waals surface area contributed by atoms with E-state index in [0.29, 0.717) is 36.3 Å². The fraction of sp³-hybridized carbons (Fsp3) is 0.333. The molecule has 0 radical (unpaired) electrons. The van der Waals surface area contributed by atoms with Crippen LogP contribution in [-0.4, -0.2) is 36.2 Å². The van der Waals surface area contributed by atoms with Gasteiger partial charge in [0, 0.05) is 26.3 Å². The largest absolute Gasteiger partial charge is 0.465 e. The third-order valence-electron chi connectivity index (χ3n) is 4.23. The Morgan fingerprint density at radius 3 is 2.81 bits per heavy atom. The van der Waals surface area contributed by atoms with Gasteiger partial charge in [-0.15, -0.1) is 0 Å². The summed E-state index contributed by atoms with van der Waals surface area (Å²) < 4.78 is 13.0. The molecule has 8 heteroatoms. The van der Waals surface area contributed by atoms with E-state index in [2.05, 4.69) is 4.98 Å². The first kappa shape index (κ1) is 17.8. The number of fused-ring (bicyclic) bond motifs is 2. The molecule has 0 saturated carbocycles. The van der Waals surface area contributed by atoms with Crippen LogP contribution in [0.3, 0.4) is 0 Å². The van der Waals surface area contributed by atoms with E-state index in [0.717, 1.165) is 5.56 Å². The van der Waals surface area contributed by atoms with Gasteiger partial charge in [-0.25, -0.2) is 9.36 Å². The van der Waals surface area contributed by atoms with Crippen LogP contribution in [-0.2, 0) is 16.0 Å². The molecule has 0 aromatic carbocycles. The Balaban J connectivity index is 2.37. The van der Waals surface area contributed by atoms with Crippen LogP contribution in [0, 0.1) is 6.92 Å². The number of hydrogen-bond acceptors (Lipinski definition) is 6. The first-order valence-electron chi connectivity index (χ1n) is 8.20. The minimum atomic E-state index is -0.598. The number of nitrogens with zero attached hydrogens (tertiary/aromatic N) is 3. The Morgan fingerprint density at radius 1 is 1.35 bits per heavy atom. The highest BCUT2D eigenvalue weighted by atomic mass is 16.5. The van der Waals surface area contributed by atoms with Crippen LogP contribution < -0.4 is 15.9 Å². The lowest BCUT2D eigenvalue weighted by Crippen LogP contribution is -2.42. The van der Waals surface area contributed by atoms with Crippen molar-refractivity contribution in [1.29, 1.82) is 0 Å². The summed E-state index contributed by atoms with van der Waals surface area (Å²) in [5.41, 5.74) is 7.95. The Labute approximate surface area is 149 Å². The molecule has 3 aromatic rings. The average molecular weight is 357 g/mol. The highest BCUT2D eigenvalue weighted by Gasteiger charge is 2.24. The molecule has 0 saturated heterocycles. The van der Waals surface area contributed by atoms with Crippen molar-refractivity contribution in [3.05, 3.63) is 45.9 Å². The highest BCUT2D eigenvalue weighted by molar-refractivity contribution is 5.96. The van der Waals surface area contributed by atoms with Crippen molar-refractivity contribution in [2.45, 2.75) is 19.9 Å². The minimum Gasteiger partial charge on any atom is -0.465 e. The van der Waals surface area contributed by atoms with Gasteiger partial charge in [-0.05, 0) is 24.6 Å². The molecule has 0 amide bonds. The Kier molecular flexibility index (Phi) is 4.85. The average Bonchev–Trinajstić information content (AvgIpc) is 2.64. The molecule has 0 spiro atoms. The predicted octanol–water partition coefficient (Wildman–Crippen LogP) is 0.849. The standard InChI is InChI=1S/C18H20N4O4/c1-11-5-6-14-20-16-13(17(23)22(14)10-11)9-12(18(24)26-3)15(19)21(16)7-4-8-25-2/h5-6,9-10,19H,4,7-8H2,1-3H3/p+1. The molecule has 136 valence electrons. The molecule has 3 heterocycles. The third-order valence-corrected chi connectivity index (χ3v) is 4.23. The van der Waals surface area contributed by atoms with E-state index in [4.69, 9.17) is 15.2 Å². The maximum atomic E-state index is 13.0. The van der Waals surface area contributed by atoms with E-state index in [9.17, 15) is 9.59 Å². The van der Waals surface area contributed by atoms with Crippen LogP contribution in [0.2, 0.25) is 0 Å². The summed E-state index contributed by atoms with van der Waals surface area (Å²) in [5, 5.41) is 0.306. The number of anilines is 1. The molecule has 2 N–H and O–H groups in total. The molecule has 3 aromatic heterocycles. The topological polar surface area (TPSA) is 99.8 Å². The van der Waals surface area contributed by atoms with E-state index in [1.54, 1.807) is 23.9 Å². The van der Waals surface area contributed by atoms with Gasteiger partial charge in [0.1, 0.15) is 10.9 Å². The van der Waals surface area contributed by atoms with E-state index in [1.807, 2.05) is 13.0 Å². The molecule has 26 heavy (non-hydrogen) atoms. The van der Waals surface area contributed by atoms with Crippen LogP contribution in [0.1, 0.15) is 22.3 Å². The zero-order valence-electron chi connectivity index (χ0n) is 15.0. The number of esters is 1. The first-order chi connectivity index (χ1) is 12.5. The smallest absolute Gasteiger partial charge is 0.344 e. The maximum Gasteiger partial charge on any atom is 0.344 e. The molecule has 0 atom stereocenters. The molecule has 0 unspecified atom stereocenters. The maximum absolute atomic E-state index is 13.0. The number of nitrogens with two attached hydrogens (primary N) is 1. The predicted molar refractivity (Wildman–Crippen MR) is 96.1 cm³/mol. The van der Waals surface area contributed by atoms with Crippen molar-refractivity contribution in [3.63, 3.8) is 0 Å². The highest BCUT2D eigenvalue weighted by Crippen LogP contribution is 2.16. The number of ether oxygens (including phenoxy) is 2. The Morgan fingerprint density at radius 2 is 2.12 bits per heavy atom. The van der Waals surface area contributed by atoms with Crippen molar-refractivity contribution in [2.24, 2.45) is 0 Å². The molecule has 0 bridgehead atoms. The zero-order chi connectivity index (χ0) is 18.8. The number of aromatic nitrogens is 3. The summed E-state index contributed by atoms with van der Waals surface area (Å²) in [7, 11) is 2.88. The second kappa shape index (κ2) is 7.09. The quantitative estimate of drug-likeness (QED) is 0.314. The second-order valence-corrected chi connectivity index (χ2v) is 6.02. The first-order valence-corrected chi connectivity index (χ1v) is 8.20. The van der Waals surface area contributed by atoms with Crippen LogP contribution in [0.5, 0.6) is 0 Å². The number of nitrogen functional groups attached to an aromatic ring is 1. The number of rotatable bonds is 5. The van der Waals surface area contributed by atoms with Gasteiger partial charge >= 0.3 is 5.97 Å². The summed E-state index contributed by atoms with van der Waals surface area (Å²) in [5.74, 6) is -0.387. The summed E-state index contributed by atoms with van der Waals surface area (Å²) in [4.78, 5) is 29.7. The van der Waals surface area contributed by atoms with Crippen LogP contribution in [0.4, 0.5) is 5.82 Å². The lowest BCUT2D eigenvalue weighted by Gasteiger charge is -2.11. The summed E-state index contributed by atoms with van der Waals surface area (Å²) in [6, 6.07) is 5.11. The molecule has 3 rings (SSSR count). The molecular formula is C18H21N4O4+. The van der Waals surface area contributed by atoms with Gasteiger partial charge < -0.3 is 15.2 Å². The van der Waals surface area contributed by atoms with Gasteiger partial charge in [-0.3, -0.25) is 9.20 Å². The van der Waals surface area contributed by atoms with Crippen molar-refractivity contribution in [2.75, 3.05) is 26.6 Å². The third kappa shape index (κ3) is 2.99. The normalized spacial score (nSPS) is 11.2. The lowest BCUT2D eigenvalue weighted by molar-refractivity contribution is -0.659. The molecule has 8 nitrogen and oxygen atoms in total. The monoisotopic (exact) mass is 357 g/mol. The molecular weight excluding hydrogens is 336 g/mol. The number of aryl methyl sites for hydroxylation is 2. The van der Waals surface area contributed by atoms with Gasteiger partial charge in [0.2, 0.25) is 11.5 Å². The van der Waals surface area contributed by atoms with E-state index < -0.39 is 5.97 Å². The molecule has 0 fully saturated rings. The van der Waals surface area contributed by atoms with Crippen molar-refractivity contribution < 1.29 is 18.8 Å². The van der Waals surface area contributed by atoms with E-state index in [-0.39, 0.29) is 16.9 Å². The van der Waals surface area contributed by atoms with Crippen molar-refractivity contribution in [3.8, 4) is 0 Å². The van der Waals surface area contributed by atoms with Gasteiger partial charge in [-0.2, -0.15) is 0 Å². The number of carbonyl (C=O) groups is 1. The van der Waals surface area contributed by atoms with Crippen LogP contribution >= 0.6 is 0 Å². The summed E-state index contributed by atoms with van der Waals surface area (Å²) in [6.45, 7) is 2.86. The van der Waals surface area contributed by atoms with Crippen LogP contribution in [0.15, 0.2) is 29.2 Å². The summed E-state index contributed by atoms with van der Waals surface area (Å²) in [6.07, 6.45) is 2.37. The Hall–Kier alpha value is -3.00. The number of hydrogen-bond donors (Lipinski definition) is 1. The minimum absolute atomic E-state index is 0.143. The lowest BCUT2D eigenvalue weighted by atomic mass is 10.2. The second-order valence-electron chi connectivity index (χ2n) is 6.02. The number of carbonyl (C=O) groups excluding carboxylic acids is 1. The molecule has 0 aliphatic carbocycles. The van der Waals surface area contributed by atoms with Gasteiger partial charge in [0.25, 0.3) is 11.2 Å². The Bertz CT molecular complexity index is 1060. The number of pyridine rings is 2. The van der Waals surface area contributed by atoms with E-state index in [1.165, 1.54) is 17.6 Å². The van der Waals surface area contributed by atoms with Crippen molar-refractivity contribution >= 4 is 28.5 Å². The van der Waals surface area contributed by atoms with Crippen molar-refractivity contribution in [1.82, 2.24) is 9.38 Å². The SMILES string of the molecule is COCCC[n+]1c(N)c(C(=O)OC)cc2c(=O)n3cc(C)ccc3nc21.